The summed E-state index contributed by atoms with van der Waals surface area (Å²) in [6.07, 6.45) is 0. The third-order valence-electron chi connectivity index (χ3n) is 4.22. The first kappa shape index (κ1) is 19.8. The molecule has 2 heterocycles. The Balaban J connectivity index is 2.08. The molecule has 0 aliphatic carbocycles. The number of Topliss-reactive ketones (excluding diaryl/α,β-unsaturated/α-hetero) is 1. The SMILES string of the molecule is COc1c(Nc2cc(N)nnc2C(C)=O)cccc1-c1cc(P(C)C)n(C)n1. The Hall–Kier alpha value is -2.99. The number of nitrogen functional groups attached to an aromatic ring is 1. The van der Waals surface area contributed by atoms with Crippen LogP contribution in [0.3, 0.4) is 0 Å². The molecular weight excluding hydrogens is 375 g/mol. The second-order valence-electron chi connectivity index (χ2n) is 6.50. The van der Waals surface area contributed by atoms with E-state index in [0.717, 1.165) is 11.3 Å². The summed E-state index contributed by atoms with van der Waals surface area (Å²) in [5, 5.41) is 15.5. The number of benzene rings is 1. The quantitative estimate of drug-likeness (QED) is 0.485. The molecule has 28 heavy (non-hydrogen) atoms. The Kier molecular flexibility index (Phi) is 5.61. The van der Waals surface area contributed by atoms with Gasteiger partial charge in [0.1, 0.15) is 5.82 Å². The van der Waals surface area contributed by atoms with Crippen LogP contribution in [0.25, 0.3) is 11.3 Å². The summed E-state index contributed by atoms with van der Waals surface area (Å²) in [6, 6.07) is 9.38. The Bertz CT molecular complexity index is 1030. The number of anilines is 3. The van der Waals surface area contributed by atoms with Crippen molar-refractivity contribution in [2.24, 2.45) is 7.05 Å². The smallest absolute Gasteiger partial charge is 0.182 e. The molecule has 3 N–H and O–H groups in total. The minimum atomic E-state index is -0.285. The lowest BCUT2D eigenvalue weighted by atomic mass is 10.1. The van der Waals surface area contributed by atoms with Crippen LogP contribution in [-0.4, -0.2) is 46.2 Å². The van der Waals surface area contributed by atoms with E-state index in [0.29, 0.717) is 17.1 Å². The van der Waals surface area contributed by atoms with Gasteiger partial charge in [-0.05, 0) is 31.5 Å². The number of ether oxygens (including phenoxy) is 1. The number of para-hydroxylation sites is 1. The third kappa shape index (κ3) is 3.82. The molecule has 0 unspecified atom stereocenters. The molecule has 8 nitrogen and oxygen atoms in total. The van der Waals surface area contributed by atoms with Gasteiger partial charge in [-0.3, -0.25) is 9.48 Å². The number of carbonyl (C=O) groups excluding carboxylic acids is 1. The van der Waals surface area contributed by atoms with Crippen LogP contribution in [-0.2, 0) is 7.05 Å². The number of hydrogen-bond donors (Lipinski definition) is 2. The number of nitrogens with two attached hydrogens (primary N) is 1. The molecule has 0 aliphatic heterocycles. The lowest BCUT2D eigenvalue weighted by molar-refractivity contribution is 0.101. The number of methoxy groups -OCH3 is 1. The van der Waals surface area contributed by atoms with Gasteiger partial charge < -0.3 is 15.8 Å². The van der Waals surface area contributed by atoms with Crippen molar-refractivity contribution < 1.29 is 9.53 Å². The second-order valence-corrected chi connectivity index (χ2v) is 8.75. The van der Waals surface area contributed by atoms with Crippen molar-refractivity contribution in [3.63, 3.8) is 0 Å². The minimum Gasteiger partial charge on any atom is -0.494 e. The van der Waals surface area contributed by atoms with Gasteiger partial charge in [-0.25, -0.2) is 0 Å². The topological polar surface area (TPSA) is 108 Å². The maximum atomic E-state index is 11.9. The normalized spacial score (nSPS) is 10.9. The van der Waals surface area contributed by atoms with Crippen LogP contribution in [0.1, 0.15) is 17.4 Å². The molecule has 146 valence electrons. The van der Waals surface area contributed by atoms with Crippen LogP contribution >= 0.6 is 7.92 Å². The zero-order valence-electron chi connectivity index (χ0n) is 16.5. The van der Waals surface area contributed by atoms with E-state index >= 15 is 0 Å². The largest absolute Gasteiger partial charge is 0.494 e. The van der Waals surface area contributed by atoms with Crippen molar-refractivity contribution in [2.75, 3.05) is 31.5 Å². The number of rotatable bonds is 6. The molecule has 1 aromatic carbocycles. The lowest BCUT2D eigenvalue weighted by Crippen LogP contribution is -2.10. The maximum absolute atomic E-state index is 11.9. The number of nitrogens with zero attached hydrogens (tertiary/aromatic N) is 4. The van der Waals surface area contributed by atoms with E-state index < -0.39 is 0 Å². The molecular formula is C19H23N6O2P. The molecule has 0 atom stereocenters. The summed E-state index contributed by atoms with van der Waals surface area (Å²) in [6.45, 7) is 5.81. The molecule has 0 aliphatic rings. The molecule has 0 fully saturated rings. The van der Waals surface area contributed by atoms with Gasteiger partial charge in [0.15, 0.2) is 17.2 Å². The van der Waals surface area contributed by atoms with Crippen molar-refractivity contribution in [1.29, 1.82) is 0 Å². The van der Waals surface area contributed by atoms with Gasteiger partial charge in [0.2, 0.25) is 0 Å². The standard InChI is InChI=1S/C19H23N6O2P/c1-11(26)18-15(9-16(20)22-23-18)21-13-8-6-7-12(19(13)27-3)14-10-17(28(4)5)25(2)24-14/h6-10H,1-5H3,(H3,20,21,22). The molecule has 9 heteroatoms. The molecule has 2 aromatic heterocycles. The summed E-state index contributed by atoms with van der Waals surface area (Å²) in [5.41, 5.74) is 9.99. The highest BCUT2D eigenvalue weighted by Crippen LogP contribution is 2.38. The van der Waals surface area contributed by atoms with Crippen molar-refractivity contribution in [3.8, 4) is 17.0 Å². The third-order valence-corrected chi connectivity index (χ3v) is 5.56. The average molecular weight is 398 g/mol. The van der Waals surface area contributed by atoms with Crippen molar-refractivity contribution in [3.05, 3.63) is 36.0 Å². The van der Waals surface area contributed by atoms with E-state index in [2.05, 4.69) is 40.0 Å². The predicted octanol–water partition coefficient (Wildman–Crippen LogP) is 2.78. The molecule has 0 bridgehead atoms. The van der Waals surface area contributed by atoms with Crippen LogP contribution in [0.5, 0.6) is 5.75 Å². The van der Waals surface area contributed by atoms with E-state index in [-0.39, 0.29) is 25.2 Å². The van der Waals surface area contributed by atoms with Gasteiger partial charge >= 0.3 is 0 Å². The summed E-state index contributed by atoms with van der Waals surface area (Å²) in [7, 11) is 3.26. The number of carbonyl (C=O) groups is 1. The van der Waals surface area contributed by atoms with Crippen LogP contribution in [0.15, 0.2) is 30.3 Å². The Morgan fingerprint density at radius 3 is 2.57 bits per heavy atom. The predicted molar refractivity (Wildman–Crippen MR) is 113 cm³/mol. The number of aryl methyl sites for hydroxylation is 1. The van der Waals surface area contributed by atoms with Gasteiger partial charge in [-0.15, -0.1) is 10.2 Å². The monoisotopic (exact) mass is 398 g/mol. The molecule has 0 saturated heterocycles. The fraction of sp³-hybridized carbons (Fsp3) is 0.263. The number of ketones is 1. The van der Waals surface area contributed by atoms with E-state index in [1.54, 1.807) is 13.2 Å². The summed E-state index contributed by atoms with van der Waals surface area (Å²) in [5.74, 6) is 0.628. The second kappa shape index (κ2) is 7.94. The molecule has 0 amide bonds. The van der Waals surface area contributed by atoms with Gasteiger partial charge in [-0.1, -0.05) is 14.0 Å². The highest BCUT2D eigenvalue weighted by molar-refractivity contribution is 7.63. The summed E-state index contributed by atoms with van der Waals surface area (Å²) in [4.78, 5) is 11.9. The molecule has 3 rings (SSSR count). The Morgan fingerprint density at radius 1 is 1.21 bits per heavy atom. The Labute approximate surface area is 164 Å². The van der Waals surface area contributed by atoms with Crippen LogP contribution in [0.4, 0.5) is 17.2 Å². The molecule has 0 saturated carbocycles. The highest BCUT2D eigenvalue weighted by Gasteiger charge is 2.18. The van der Waals surface area contributed by atoms with Crippen molar-refractivity contribution in [1.82, 2.24) is 20.0 Å². The van der Waals surface area contributed by atoms with E-state index in [4.69, 9.17) is 10.5 Å². The van der Waals surface area contributed by atoms with Gasteiger partial charge in [-0.2, -0.15) is 5.10 Å². The van der Waals surface area contributed by atoms with Gasteiger partial charge in [0.25, 0.3) is 0 Å². The van der Waals surface area contributed by atoms with Gasteiger partial charge in [0.05, 0.1) is 29.6 Å². The zero-order chi connectivity index (χ0) is 20.4. The highest BCUT2D eigenvalue weighted by atomic mass is 31.1. The van der Waals surface area contributed by atoms with Crippen molar-refractivity contribution in [2.45, 2.75) is 6.92 Å². The van der Waals surface area contributed by atoms with Crippen LogP contribution in [0, 0.1) is 0 Å². The van der Waals surface area contributed by atoms with Crippen molar-refractivity contribution >= 4 is 36.3 Å². The van der Waals surface area contributed by atoms with Crippen LogP contribution in [0.2, 0.25) is 0 Å². The van der Waals surface area contributed by atoms with E-state index in [1.165, 1.54) is 12.4 Å². The summed E-state index contributed by atoms with van der Waals surface area (Å²) < 4.78 is 7.59. The minimum absolute atomic E-state index is 0.210. The summed E-state index contributed by atoms with van der Waals surface area (Å²) >= 11 is 0. The molecule has 0 radical (unpaired) electrons. The van der Waals surface area contributed by atoms with E-state index in [1.807, 2.05) is 29.9 Å². The van der Waals surface area contributed by atoms with Crippen LogP contribution < -0.4 is 21.2 Å². The first-order valence-electron chi connectivity index (χ1n) is 8.61. The first-order chi connectivity index (χ1) is 13.3. The Morgan fingerprint density at radius 2 is 1.96 bits per heavy atom. The van der Waals surface area contributed by atoms with Gasteiger partial charge in [0, 0.05) is 25.6 Å². The zero-order valence-corrected chi connectivity index (χ0v) is 17.4. The number of aromatic nitrogens is 4. The lowest BCUT2D eigenvalue weighted by Gasteiger charge is -2.15. The maximum Gasteiger partial charge on any atom is 0.182 e. The average Bonchev–Trinajstić information content (AvgIpc) is 3.03. The molecule has 0 spiro atoms. The fourth-order valence-electron chi connectivity index (χ4n) is 2.97. The fourth-order valence-corrected chi connectivity index (χ4v) is 3.98. The first-order valence-corrected chi connectivity index (χ1v) is 10.8. The molecule has 3 aromatic rings. The number of nitrogens with one attached hydrogen (secondary N) is 1. The number of hydrogen-bond acceptors (Lipinski definition) is 7. The van der Waals surface area contributed by atoms with E-state index in [9.17, 15) is 4.79 Å².